The number of carbonyl (C=O) groups excluding carboxylic acids is 1. The summed E-state index contributed by atoms with van der Waals surface area (Å²) < 4.78 is 1.36. The first-order chi connectivity index (χ1) is 9.65. The fraction of sp³-hybridized carbons (Fsp3) is 0.400. The van der Waals surface area contributed by atoms with Crippen LogP contribution in [0.2, 0.25) is 0 Å². The van der Waals surface area contributed by atoms with Crippen LogP contribution in [-0.4, -0.2) is 21.5 Å². The van der Waals surface area contributed by atoms with E-state index in [4.69, 9.17) is 0 Å². The maximum absolute atomic E-state index is 12.2. The zero-order valence-corrected chi connectivity index (χ0v) is 11.4. The van der Waals surface area contributed by atoms with Crippen molar-refractivity contribution in [2.24, 2.45) is 5.92 Å². The summed E-state index contributed by atoms with van der Waals surface area (Å²) in [5, 5.41) is 3.48. The quantitative estimate of drug-likeness (QED) is 0.912. The van der Waals surface area contributed by atoms with Crippen molar-refractivity contribution >= 4 is 16.8 Å². The lowest BCUT2D eigenvalue weighted by Gasteiger charge is -2.13. The predicted molar refractivity (Wildman–Crippen MR) is 76.3 cm³/mol. The third kappa shape index (κ3) is 2.57. The van der Waals surface area contributed by atoms with Crippen LogP contribution in [0.1, 0.15) is 19.8 Å². The number of nitrogens with zero attached hydrogens (tertiary/aromatic N) is 2. The molecule has 1 saturated carbocycles. The van der Waals surface area contributed by atoms with E-state index in [1.807, 2.05) is 13.0 Å². The third-order valence-corrected chi connectivity index (χ3v) is 3.76. The van der Waals surface area contributed by atoms with Crippen LogP contribution in [0.3, 0.4) is 0 Å². The van der Waals surface area contributed by atoms with Crippen LogP contribution in [0.4, 0.5) is 0 Å². The lowest BCUT2D eigenvalue weighted by atomic mass is 10.2. The molecule has 1 aromatic heterocycles. The molecule has 3 rings (SSSR count). The van der Waals surface area contributed by atoms with Crippen LogP contribution in [-0.2, 0) is 11.3 Å². The van der Waals surface area contributed by atoms with Gasteiger partial charge in [-0.05, 0) is 37.8 Å². The molecule has 1 aliphatic rings. The summed E-state index contributed by atoms with van der Waals surface area (Å²) in [6.45, 7) is 2.03. The first-order valence-corrected chi connectivity index (χ1v) is 6.88. The van der Waals surface area contributed by atoms with Gasteiger partial charge in [0.05, 0.1) is 17.2 Å². The normalized spacial score (nSPS) is 16.1. The number of carbonyl (C=O) groups is 1. The summed E-state index contributed by atoms with van der Waals surface area (Å²) in [5.41, 5.74) is 0.477. The number of hydrogen-bond acceptors (Lipinski definition) is 3. The van der Waals surface area contributed by atoms with Gasteiger partial charge in [-0.3, -0.25) is 14.2 Å². The maximum Gasteiger partial charge on any atom is 0.261 e. The van der Waals surface area contributed by atoms with Crippen LogP contribution in [0.25, 0.3) is 10.9 Å². The van der Waals surface area contributed by atoms with Crippen LogP contribution < -0.4 is 10.9 Å². The number of benzene rings is 1. The third-order valence-electron chi connectivity index (χ3n) is 3.76. The molecule has 0 saturated heterocycles. The highest BCUT2D eigenvalue weighted by molar-refractivity contribution is 5.79. The van der Waals surface area contributed by atoms with Gasteiger partial charge in [0.15, 0.2) is 0 Å². The van der Waals surface area contributed by atoms with Crippen LogP contribution in [0, 0.1) is 5.92 Å². The second-order valence-electron chi connectivity index (χ2n) is 5.39. The number of hydrogen-bond donors (Lipinski definition) is 1. The molecule has 0 unspecified atom stereocenters. The molecule has 1 amide bonds. The average molecular weight is 271 g/mol. The van der Waals surface area contributed by atoms with Gasteiger partial charge >= 0.3 is 0 Å². The Bertz CT molecular complexity index is 704. The Morgan fingerprint density at radius 3 is 2.95 bits per heavy atom. The average Bonchev–Trinajstić information content (AvgIpc) is 3.27. The van der Waals surface area contributed by atoms with Gasteiger partial charge in [0, 0.05) is 6.04 Å². The van der Waals surface area contributed by atoms with Crippen molar-refractivity contribution in [3.05, 3.63) is 40.9 Å². The monoisotopic (exact) mass is 271 g/mol. The topological polar surface area (TPSA) is 64.0 Å². The minimum Gasteiger partial charge on any atom is -0.352 e. The Balaban J connectivity index is 1.78. The van der Waals surface area contributed by atoms with E-state index in [0.717, 1.165) is 0 Å². The Kier molecular flexibility index (Phi) is 3.26. The van der Waals surface area contributed by atoms with Gasteiger partial charge in [0.2, 0.25) is 5.91 Å². The molecular formula is C15H17N3O2. The highest BCUT2D eigenvalue weighted by atomic mass is 16.2. The Morgan fingerprint density at radius 1 is 1.45 bits per heavy atom. The van der Waals surface area contributed by atoms with Crippen molar-refractivity contribution in [3.63, 3.8) is 0 Å². The van der Waals surface area contributed by atoms with E-state index in [0.29, 0.717) is 16.8 Å². The number of para-hydroxylation sites is 1. The zero-order valence-electron chi connectivity index (χ0n) is 11.4. The van der Waals surface area contributed by atoms with Gasteiger partial charge in [0.1, 0.15) is 6.54 Å². The van der Waals surface area contributed by atoms with Gasteiger partial charge in [-0.1, -0.05) is 12.1 Å². The second kappa shape index (κ2) is 5.07. The van der Waals surface area contributed by atoms with E-state index in [2.05, 4.69) is 10.3 Å². The molecule has 20 heavy (non-hydrogen) atoms. The van der Waals surface area contributed by atoms with Crippen molar-refractivity contribution in [2.75, 3.05) is 0 Å². The molecule has 0 spiro atoms. The number of rotatable bonds is 4. The van der Waals surface area contributed by atoms with E-state index >= 15 is 0 Å². The molecule has 2 aromatic rings. The number of aromatic nitrogens is 2. The molecule has 1 heterocycles. The molecule has 1 atom stereocenters. The second-order valence-corrected chi connectivity index (χ2v) is 5.39. The molecule has 0 aliphatic heterocycles. The van der Waals surface area contributed by atoms with E-state index in [1.54, 1.807) is 18.2 Å². The summed E-state index contributed by atoms with van der Waals surface area (Å²) in [4.78, 5) is 28.4. The molecule has 1 N–H and O–H groups in total. The SMILES string of the molecule is C[C@H](NC(=O)Cn1cnc2ccccc2c1=O)C1CC1. The van der Waals surface area contributed by atoms with Crippen LogP contribution in [0.5, 0.6) is 0 Å². The van der Waals surface area contributed by atoms with E-state index in [-0.39, 0.29) is 24.1 Å². The minimum atomic E-state index is -0.176. The standard InChI is InChI=1S/C15H17N3O2/c1-10(11-6-7-11)17-14(19)8-18-9-16-13-5-3-2-4-12(13)15(18)20/h2-5,9-11H,6-8H2,1H3,(H,17,19)/t10-/m0/s1. The zero-order chi connectivity index (χ0) is 14.1. The molecule has 1 fully saturated rings. The fourth-order valence-corrected chi connectivity index (χ4v) is 2.39. The molecule has 5 nitrogen and oxygen atoms in total. The van der Waals surface area contributed by atoms with Gasteiger partial charge in [-0.15, -0.1) is 0 Å². The van der Waals surface area contributed by atoms with Crippen LogP contribution >= 0.6 is 0 Å². The highest BCUT2D eigenvalue weighted by Gasteiger charge is 2.28. The minimum absolute atomic E-state index is 0.0216. The molecule has 0 bridgehead atoms. The van der Waals surface area contributed by atoms with E-state index in [9.17, 15) is 9.59 Å². The molecule has 5 heteroatoms. The van der Waals surface area contributed by atoms with Crippen molar-refractivity contribution in [3.8, 4) is 0 Å². The first-order valence-electron chi connectivity index (χ1n) is 6.88. The molecule has 104 valence electrons. The molecule has 1 aliphatic carbocycles. The summed E-state index contributed by atoms with van der Waals surface area (Å²) >= 11 is 0. The summed E-state index contributed by atoms with van der Waals surface area (Å²) in [6.07, 6.45) is 3.80. The summed E-state index contributed by atoms with van der Waals surface area (Å²) in [6, 6.07) is 7.34. The van der Waals surface area contributed by atoms with Gasteiger partial charge < -0.3 is 5.32 Å². The van der Waals surface area contributed by atoms with Gasteiger partial charge in [-0.2, -0.15) is 0 Å². The Labute approximate surface area is 116 Å². The first kappa shape index (κ1) is 12.8. The van der Waals surface area contributed by atoms with E-state index < -0.39 is 0 Å². The van der Waals surface area contributed by atoms with Crippen molar-refractivity contribution in [2.45, 2.75) is 32.4 Å². The lowest BCUT2D eigenvalue weighted by molar-refractivity contribution is -0.122. The number of nitrogens with one attached hydrogen (secondary N) is 1. The maximum atomic E-state index is 12.2. The Morgan fingerprint density at radius 2 is 2.20 bits per heavy atom. The number of amides is 1. The largest absolute Gasteiger partial charge is 0.352 e. The summed E-state index contributed by atoms with van der Waals surface area (Å²) in [7, 11) is 0. The van der Waals surface area contributed by atoms with E-state index in [1.165, 1.54) is 23.7 Å². The fourth-order valence-electron chi connectivity index (χ4n) is 2.39. The van der Waals surface area contributed by atoms with Crippen molar-refractivity contribution in [1.82, 2.24) is 14.9 Å². The lowest BCUT2D eigenvalue weighted by Crippen LogP contribution is -2.38. The highest BCUT2D eigenvalue weighted by Crippen LogP contribution is 2.32. The van der Waals surface area contributed by atoms with Crippen LogP contribution in [0.15, 0.2) is 35.4 Å². The van der Waals surface area contributed by atoms with Crippen molar-refractivity contribution in [1.29, 1.82) is 0 Å². The van der Waals surface area contributed by atoms with Crippen molar-refractivity contribution < 1.29 is 4.79 Å². The summed E-state index contributed by atoms with van der Waals surface area (Å²) in [5.74, 6) is 0.467. The molecular weight excluding hydrogens is 254 g/mol. The Hall–Kier alpha value is -2.17. The van der Waals surface area contributed by atoms with Gasteiger partial charge in [0.25, 0.3) is 5.56 Å². The number of fused-ring (bicyclic) bond motifs is 1. The van der Waals surface area contributed by atoms with Gasteiger partial charge in [-0.25, -0.2) is 4.98 Å². The molecule has 1 aromatic carbocycles. The predicted octanol–water partition coefficient (Wildman–Crippen LogP) is 1.31. The smallest absolute Gasteiger partial charge is 0.261 e. The molecule has 0 radical (unpaired) electrons.